The number of methoxy groups -OCH3 is 1. The Hall–Kier alpha value is -1.32. The largest absolute Gasteiger partial charge is 0.496 e. The first-order valence-corrected chi connectivity index (χ1v) is 10.0. The van der Waals surface area contributed by atoms with Gasteiger partial charge >= 0.3 is 0 Å². The standard InChI is InChI=1S/C17H20INO4S/c1-4-23-14-7-5-13(6-8-14)12(2)19-24(20,21)15-9-10-17(22-3)16(18)11-15/h5-12,19H,4H2,1-3H3/t12-/m0/s1. The highest BCUT2D eigenvalue weighted by Crippen LogP contribution is 2.25. The molecule has 2 rings (SSSR count). The molecule has 0 saturated carbocycles. The van der Waals surface area contributed by atoms with Gasteiger partial charge in [-0.2, -0.15) is 0 Å². The van der Waals surface area contributed by atoms with E-state index in [9.17, 15) is 8.42 Å². The Bertz CT molecular complexity index is 791. The van der Waals surface area contributed by atoms with Crippen molar-refractivity contribution in [3.05, 3.63) is 51.6 Å². The number of sulfonamides is 1. The van der Waals surface area contributed by atoms with Crippen LogP contribution >= 0.6 is 22.6 Å². The van der Waals surface area contributed by atoms with Crippen molar-refractivity contribution < 1.29 is 17.9 Å². The molecule has 0 aliphatic heterocycles. The van der Waals surface area contributed by atoms with E-state index in [1.165, 1.54) is 6.07 Å². The molecular formula is C17H20INO4S. The first-order chi connectivity index (χ1) is 11.4. The van der Waals surface area contributed by atoms with Crippen molar-refractivity contribution in [3.63, 3.8) is 0 Å². The monoisotopic (exact) mass is 461 g/mol. The van der Waals surface area contributed by atoms with Crippen LogP contribution in [0.2, 0.25) is 0 Å². The molecule has 0 saturated heterocycles. The first kappa shape index (κ1) is 19.0. The van der Waals surface area contributed by atoms with Gasteiger partial charge in [0.05, 0.1) is 22.2 Å². The highest BCUT2D eigenvalue weighted by atomic mass is 127. The summed E-state index contributed by atoms with van der Waals surface area (Å²) in [7, 11) is -2.06. The Morgan fingerprint density at radius 3 is 2.38 bits per heavy atom. The average Bonchev–Trinajstić information content (AvgIpc) is 2.55. The van der Waals surface area contributed by atoms with E-state index in [1.54, 1.807) is 19.2 Å². The van der Waals surface area contributed by atoms with E-state index >= 15 is 0 Å². The van der Waals surface area contributed by atoms with Gasteiger partial charge in [-0.25, -0.2) is 13.1 Å². The quantitative estimate of drug-likeness (QED) is 0.639. The Labute approximate surface area is 156 Å². The van der Waals surface area contributed by atoms with Gasteiger partial charge < -0.3 is 9.47 Å². The Kier molecular flexibility index (Phi) is 6.47. The molecule has 130 valence electrons. The van der Waals surface area contributed by atoms with Gasteiger partial charge in [-0.1, -0.05) is 12.1 Å². The third kappa shape index (κ3) is 4.61. The van der Waals surface area contributed by atoms with E-state index in [2.05, 4.69) is 27.3 Å². The molecule has 7 heteroatoms. The molecule has 5 nitrogen and oxygen atoms in total. The number of rotatable bonds is 7. The van der Waals surface area contributed by atoms with Crippen LogP contribution in [-0.2, 0) is 10.0 Å². The summed E-state index contributed by atoms with van der Waals surface area (Å²) in [5, 5.41) is 0. The summed E-state index contributed by atoms with van der Waals surface area (Å²) in [4.78, 5) is 0.213. The van der Waals surface area contributed by atoms with Crippen molar-refractivity contribution >= 4 is 32.6 Å². The van der Waals surface area contributed by atoms with Gasteiger partial charge in [-0.15, -0.1) is 0 Å². The fourth-order valence-corrected chi connectivity index (χ4v) is 4.41. The lowest BCUT2D eigenvalue weighted by molar-refractivity contribution is 0.340. The van der Waals surface area contributed by atoms with E-state index in [0.717, 1.165) is 14.9 Å². The molecule has 24 heavy (non-hydrogen) atoms. The molecular weight excluding hydrogens is 441 g/mol. The number of ether oxygens (including phenoxy) is 2. The number of nitrogens with one attached hydrogen (secondary N) is 1. The van der Waals surface area contributed by atoms with Gasteiger partial charge in [0.15, 0.2) is 0 Å². The van der Waals surface area contributed by atoms with Crippen LogP contribution in [0.5, 0.6) is 11.5 Å². The number of hydrogen-bond donors (Lipinski definition) is 1. The average molecular weight is 461 g/mol. The number of benzene rings is 2. The van der Waals surface area contributed by atoms with Gasteiger partial charge in [0.25, 0.3) is 0 Å². The van der Waals surface area contributed by atoms with E-state index in [1.807, 2.05) is 38.1 Å². The van der Waals surface area contributed by atoms with Crippen LogP contribution < -0.4 is 14.2 Å². The summed E-state index contributed by atoms with van der Waals surface area (Å²) < 4.78 is 39.1. The van der Waals surface area contributed by atoms with E-state index in [0.29, 0.717) is 12.4 Å². The Morgan fingerprint density at radius 2 is 1.83 bits per heavy atom. The predicted octanol–water partition coefficient (Wildman–Crippen LogP) is 3.74. The molecule has 2 aromatic carbocycles. The maximum Gasteiger partial charge on any atom is 0.241 e. The molecule has 0 fully saturated rings. The topological polar surface area (TPSA) is 64.6 Å². The van der Waals surface area contributed by atoms with Crippen LogP contribution in [-0.4, -0.2) is 22.1 Å². The zero-order valence-corrected chi connectivity index (χ0v) is 16.7. The molecule has 2 aromatic rings. The molecule has 0 radical (unpaired) electrons. The third-order valence-electron chi connectivity index (χ3n) is 3.46. The summed E-state index contributed by atoms with van der Waals surface area (Å²) in [5.74, 6) is 1.41. The van der Waals surface area contributed by atoms with Crippen LogP contribution in [0, 0.1) is 3.57 Å². The zero-order valence-electron chi connectivity index (χ0n) is 13.7. The molecule has 0 amide bonds. The third-order valence-corrected chi connectivity index (χ3v) is 5.84. The zero-order chi connectivity index (χ0) is 17.7. The fourth-order valence-electron chi connectivity index (χ4n) is 2.20. The minimum Gasteiger partial charge on any atom is -0.496 e. The van der Waals surface area contributed by atoms with Gasteiger partial charge in [-0.05, 0) is 72.3 Å². The molecule has 0 unspecified atom stereocenters. The van der Waals surface area contributed by atoms with E-state index < -0.39 is 10.0 Å². The van der Waals surface area contributed by atoms with Crippen LogP contribution in [0.1, 0.15) is 25.5 Å². The summed E-state index contributed by atoms with van der Waals surface area (Å²) in [6.07, 6.45) is 0. The van der Waals surface area contributed by atoms with Gasteiger partial charge in [-0.3, -0.25) is 0 Å². The van der Waals surface area contributed by atoms with Crippen LogP contribution in [0.4, 0.5) is 0 Å². The minimum absolute atomic E-state index is 0.213. The maximum atomic E-state index is 12.6. The summed E-state index contributed by atoms with van der Waals surface area (Å²) in [5.41, 5.74) is 0.866. The lowest BCUT2D eigenvalue weighted by Gasteiger charge is -2.16. The van der Waals surface area contributed by atoms with Gasteiger partial charge in [0.2, 0.25) is 10.0 Å². The second-order valence-electron chi connectivity index (χ2n) is 5.14. The van der Waals surface area contributed by atoms with Gasteiger partial charge in [0, 0.05) is 6.04 Å². The fraction of sp³-hybridized carbons (Fsp3) is 0.294. The molecule has 0 heterocycles. The number of hydrogen-bond acceptors (Lipinski definition) is 4. The number of halogens is 1. The van der Waals surface area contributed by atoms with Crippen molar-refractivity contribution in [1.82, 2.24) is 4.72 Å². The van der Waals surface area contributed by atoms with Crippen molar-refractivity contribution in [3.8, 4) is 11.5 Å². The lowest BCUT2D eigenvalue weighted by Crippen LogP contribution is -2.27. The lowest BCUT2D eigenvalue weighted by atomic mass is 10.1. The van der Waals surface area contributed by atoms with Crippen molar-refractivity contribution in [2.45, 2.75) is 24.8 Å². The highest BCUT2D eigenvalue weighted by Gasteiger charge is 2.19. The predicted molar refractivity (Wildman–Crippen MR) is 102 cm³/mol. The highest BCUT2D eigenvalue weighted by molar-refractivity contribution is 14.1. The summed E-state index contributed by atoms with van der Waals surface area (Å²) >= 11 is 2.05. The molecule has 1 atom stereocenters. The molecule has 0 aliphatic carbocycles. The first-order valence-electron chi connectivity index (χ1n) is 7.46. The van der Waals surface area contributed by atoms with Crippen molar-refractivity contribution in [2.75, 3.05) is 13.7 Å². The van der Waals surface area contributed by atoms with Crippen molar-refractivity contribution in [1.29, 1.82) is 0 Å². The smallest absolute Gasteiger partial charge is 0.241 e. The van der Waals surface area contributed by atoms with Crippen molar-refractivity contribution in [2.24, 2.45) is 0 Å². The van der Waals surface area contributed by atoms with E-state index in [4.69, 9.17) is 9.47 Å². The molecule has 1 N–H and O–H groups in total. The molecule has 0 spiro atoms. The molecule has 0 aliphatic rings. The summed E-state index contributed by atoms with van der Waals surface area (Å²) in [6.45, 7) is 4.32. The normalized spacial score (nSPS) is 12.7. The maximum absolute atomic E-state index is 12.6. The Balaban J connectivity index is 2.17. The van der Waals surface area contributed by atoms with Gasteiger partial charge in [0.1, 0.15) is 11.5 Å². The second kappa shape index (κ2) is 8.17. The second-order valence-corrected chi connectivity index (χ2v) is 8.02. The minimum atomic E-state index is -3.62. The van der Waals surface area contributed by atoms with Crippen LogP contribution in [0.25, 0.3) is 0 Å². The molecule has 0 bridgehead atoms. The molecule has 0 aromatic heterocycles. The van der Waals surface area contributed by atoms with Crippen LogP contribution in [0.15, 0.2) is 47.4 Å². The van der Waals surface area contributed by atoms with E-state index in [-0.39, 0.29) is 10.9 Å². The Morgan fingerprint density at radius 1 is 1.17 bits per heavy atom. The summed E-state index contributed by atoms with van der Waals surface area (Å²) in [6, 6.07) is 11.8. The SMILES string of the molecule is CCOc1ccc([C@H](C)NS(=O)(=O)c2ccc(OC)c(I)c2)cc1. The van der Waals surface area contributed by atoms with Crippen LogP contribution in [0.3, 0.4) is 0 Å².